The second kappa shape index (κ2) is 7.88. The summed E-state index contributed by atoms with van der Waals surface area (Å²) in [7, 11) is -4.10. The van der Waals surface area contributed by atoms with E-state index < -0.39 is 38.7 Å². The number of hydrogen-bond donors (Lipinski definition) is 5. The Balaban J connectivity index is 1.72. The molecule has 0 unspecified atom stereocenters. The molecule has 0 aliphatic carbocycles. The van der Waals surface area contributed by atoms with Crippen LogP contribution in [0.4, 0.5) is 5.69 Å². The van der Waals surface area contributed by atoms with Crippen LogP contribution in [0.3, 0.4) is 0 Å². The average molecular weight is 469 g/mol. The molecule has 4 rings (SSSR count). The Morgan fingerprint density at radius 3 is 2.21 bits per heavy atom. The average Bonchev–Trinajstić information content (AvgIpc) is 2.78. The third kappa shape index (κ3) is 4.04. The smallest absolute Gasteiger partial charge is 0.335 e. The Morgan fingerprint density at radius 1 is 0.879 bits per heavy atom. The maximum Gasteiger partial charge on any atom is 0.335 e. The first-order chi connectivity index (χ1) is 15.6. The molecule has 3 aromatic carbocycles. The Kier molecular flexibility index (Phi) is 5.18. The second-order valence-electron chi connectivity index (χ2n) is 6.96. The summed E-state index contributed by atoms with van der Waals surface area (Å²) in [6.07, 6.45) is 0. The Hall–Kier alpha value is -4.51. The highest BCUT2D eigenvalue weighted by molar-refractivity contribution is 7.92. The van der Waals surface area contributed by atoms with Crippen molar-refractivity contribution in [3.05, 3.63) is 76.5 Å². The van der Waals surface area contributed by atoms with Crippen LogP contribution in [0.25, 0.3) is 22.3 Å². The fourth-order valence-electron chi connectivity index (χ4n) is 3.10. The van der Waals surface area contributed by atoms with Crippen molar-refractivity contribution in [3.8, 4) is 28.6 Å². The largest absolute Gasteiger partial charge is 0.504 e. The fourth-order valence-corrected chi connectivity index (χ4v) is 4.15. The monoisotopic (exact) mass is 469 g/mol. The molecule has 168 valence electrons. The summed E-state index contributed by atoms with van der Waals surface area (Å²) in [4.78, 5) is 23.5. The molecule has 0 radical (unpaired) electrons. The van der Waals surface area contributed by atoms with E-state index in [1.807, 2.05) is 0 Å². The molecule has 33 heavy (non-hydrogen) atoms. The third-order valence-corrected chi connectivity index (χ3v) is 6.16. The number of phenolic OH excluding ortho intramolecular Hbond substituents is 2. The molecule has 0 saturated heterocycles. The van der Waals surface area contributed by atoms with Crippen molar-refractivity contribution in [1.82, 2.24) is 0 Å². The predicted octanol–water partition coefficient (Wildman–Crippen LogP) is 3.08. The SMILES string of the molecule is O=C(O)c1ccc(S(=O)(=O)Nc2ccc3oc(-c4ccc(O)c(O)c4)c(O)c(=O)c3c2)cc1. The fraction of sp³-hybridized carbons (Fsp3) is 0. The van der Waals surface area contributed by atoms with E-state index in [0.29, 0.717) is 0 Å². The number of benzene rings is 3. The second-order valence-corrected chi connectivity index (χ2v) is 8.64. The van der Waals surface area contributed by atoms with E-state index in [2.05, 4.69) is 4.72 Å². The van der Waals surface area contributed by atoms with Gasteiger partial charge in [-0.05, 0) is 60.7 Å². The highest BCUT2D eigenvalue weighted by Gasteiger charge is 2.19. The van der Waals surface area contributed by atoms with Crippen LogP contribution >= 0.6 is 0 Å². The molecule has 1 heterocycles. The van der Waals surface area contributed by atoms with Crippen LogP contribution in [0.2, 0.25) is 0 Å². The quantitative estimate of drug-likeness (QED) is 0.275. The Labute approximate surface area is 185 Å². The summed E-state index contributed by atoms with van der Waals surface area (Å²) >= 11 is 0. The molecule has 0 amide bonds. The molecule has 0 spiro atoms. The van der Waals surface area contributed by atoms with Crippen molar-refractivity contribution in [2.45, 2.75) is 4.90 Å². The van der Waals surface area contributed by atoms with E-state index in [4.69, 9.17) is 9.52 Å². The van der Waals surface area contributed by atoms with E-state index in [1.165, 1.54) is 24.3 Å². The van der Waals surface area contributed by atoms with Gasteiger partial charge in [-0.3, -0.25) is 9.52 Å². The van der Waals surface area contributed by atoms with Gasteiger partial charge in [0.1, 0.15) is 5.58 Å². The molecule has 10 nitrogen and oxygen atoms in total. The van der Waals surface area contributed by atoms with Gasteiger partial charge in [-0.15, -0.1) is 0 Å². The molecule has 0 atom stereocenters. The summed E-state index contributed by atoms with van der Waals surface area (Å²) < 4.78 is 33.1. The molecule has 4 aromatic rings. The van der Waals surface area contributed by atoms with Crippen molar-refractivity contribution in [3.63, 3.8) is 0 Å². The van der Waals surface area contributed by atoms with Gasteiger partial charge in [0.2, 0.25) is 11.2 Å². The van der Waals surface area contributed by atoms with E-state index >= 15 is 0 Å². The topological polar surface area (TPSA) is 174 Å². The highest BCUT2D eigenvalue weighted by Crippen LogP contribution is 2.35. The van der Waals surface area contributed by atoms with Gasteiger partial charge in [-0.1, -0.05) is 0 Å². The van der Waals surface area contributed by atoms with Crippen LogP contribution in [-0.4, -0.2) is 34.8 Å². The number of aromatic hydroxyl groups is 3. The van der Waals surface area contributed by atoms with Crippen molar-refractivity contribution >= 4 is 32.6 Å². The molecule has 0 aliphatic heterocycles. The molecule has 0 aliphatic rings. The zero-order valence-corrected chi connectivity index (χ0v) is 17.3. The molecule has 0 saturated carbocycles. The number of nitrogens with one attached hydrogen (secondary N) is 1. The number of anilines is 1. The summed E-state index contributed by atoms with van der Waals surface area (Å²) in [5.74, 6) is -3.08. The van der Waals surface area contributed by atoms with E-state index in [9.17, 15) is 33.3 Å². The first-order valence-electron chi connectivity index (χ1n) is 9.25. The lowest BCUT2D eigenvalue weighted by Crippen LogP contribution is -2.13. The Bertz CT molecular complexity index is 1570. The maximum atomic E-state index is 12.7. The van der Waals surface area contributed by atoms with Crippen LogP contribution in [0.5, 0.6) is 17.2 Å². The first kappa shape index (κ1) is 21.7. The summed E-state index contributed by atoms with van der Waals surface area (Å²) in [6, 6.07) is 12.0. The summed E-state index contributed by atoms with van der Waals surface area (Å²) in [5.41, 5.74) is -0.742. The number of carboxylic acids is 1. The highest BCUT2D eigenvalue weighted by atomic mass is 32.2. The molecule has 5 N–H and O–H groups in total. The van der Waals surface area contributed by atoms with Crippen molar-refractivity contribution in [2.24, 2.45) is 0 Å². The minimum absolute atomic E-state index is 0.00605. The lowest BCUT2D eigenvalue weighted by Gasteiger charge is -2.10. The number of carboxylic acid groups (broad SMARTS) is 1. The number of carbonyl (C=O) groups is 1. The maximum absolute atomic E-state index is 12.7. The van der Waals surface area contributed by atoms with Gasteiger partial charge in [0, 0.05) is 11.3 Å². The van der Waals surface area contributed by atoms with Crippen molar-refractivity contribution in [1.29, 1.82) is 0 Å². The lowest BCUT2D eigenvalue weighted by atomic mass is 10.1. The van der Waals surface area contributed by atoms with Gasteiger partial charge in [0.25, 0.3) is 10.0 Å². The molecule has 0 bridgehead atoms. The molecule has 1 aromatic heterocycles. The van der Waals surface area contributed by atoms with Crippen molar-refractivity contribution < 1.29 is 38.1 Å². The van der Waals surface area contributed by atoms with Gasteiger partial charge in [-0.25, -0.2) is 13.2 Å². The van der Waals surface area contributed by atoms with Gasteiger partial charge >= 0.3 is 5.97 Å². The van der Waals surface area contributed by atoms with Gasteiger partial charge in [0.05, 0.1) is 15.8 Å². The molecule has 11 heteroatoms. The van der Waals surface area contributed by atoms with E-state index in [1.54, 1.807) is 0 Å². The van der Waals surface area contributed by atoms with Crippen LogP contribution < -0.4 is 10.2 Å². The predicted molar refractivity (Wildman–Crippen MR) is 117 cm³/mol. The molecular formula is C22H15NO9S. The summed E-state index contributed by atoms with van der Waals surface area (Å²) in [5, 5.41) is 38.3. The van der Waals surface area contributed by atoms with Gasteiger partial charge in [0.15, 0.2) is 17.3 Å². The molecular weight excluding hydrogens is 454 g/mol. The van der Waals surface area contributed by atoms with E-state index in [-0.39, 0.29) is 38.4 Å². The van der Waals surface area contributed by atoms with Crippen LogP contribution in [0.15, 0.2) is 74.8 Å². The minimum atomic E-state index is -4.10. The summed E-state index contributed by atoms with van der Waals surface area (Å²) in [6.45, 7) is 0. The molecule has 0 fully saturated rings. The number of fused-ring (bicyclic) bond motifs is 1. The zero-order valence-electron chi connectivity index (χ0n) is 16.5. The third-order valence-electron chi connectivity index (χ3n) is 4.77. The van der Waals surface area contributed by atoms with Gasteiger partial charge in [-0.2, -0.15) is 0 Å². The van der Waals surface area contributed by atoms with Gasteiger partial charge < -0.3 is 24.8 Å². The van der Waals surface area contributed by atoms with Crippen molar-refractivity contribution in [2.75, 3.05) is 4.72 Å². The normalized spacial score (nSPS) is 11.4. The number of phenols is 2. The van der Waals surface area contributed by atoms with Crippen LogP contribution in [0.1, 0.15) is 10.4 Å². The number of hydrogen-bond acceptors (Lipinski definition) is 8. The van der Waals surface area contributed by atoms with Crippen LogP contribution in [-0.2, 0) is 10.0 Å². The number of sulfonamides is 1. The Morgan fingerprint density at radius 2 is 1.58 bits per heavy atom. The minimum Gasteiger partial charge on any atom is -0.504 e. The van der Waals surface area contributed by atoms with Crippen LogP contribution in [0, 0.1) is 0 Å². The number of rotatable bonds is 5. The zero-order chi connectivity index (χ0) is 23.9. The van der Waals surface area contributed by atoms with E-state index in [0.717, 1.165) is 36.4 Å². The standard InChI is InChI=1S/C22H15NO9S/c24-16-7-3-12(9-17(16)25)21-20(27)19(26)15-10-13(4-8-18(15)32-21)23-33(30,31)14-5-1-11(2-6-14)22(28)29/h1-10,23-25,27H,(H,28,29). The lowest BCUT2D eigenvalue weighted by molar-refractivity contribution is 0.0696. The first-order valence-corrected chi connectivity index (χ1v) is 10.7. The number of aromatic carboxylic acids is 1.